The van der Waals surface area contributed by atoms with E-state index in [0.29, 0.717) is 17.9 Å². The first-order valence-corrected chi connectivity index (χ1v) is 5.80. The largest absolute Gasteiger partial charge is 0.341 e. The number of carbonyl (C=O) groups is 1. The van der Waals surface area contributed by atoms with Crippen LogP contribution in [0.4, 0.5) is 0 Å². The highest BCUT2D eigenvalue weighted by Crippen LogP contribution is 2.21. The molecule has 3 heteroatoms. The molecule has 2 aliphatic rings. The van der Waals surface area contributed by atoms with Gasteiger partial charge in [-0.05, 0) is 25.3 Å². The van der Waals surface area contributed by atoms with Crippen molar-refractivity contribution in [3.05, 3.63) is 0 Å². The molecule has 0 radical (unpaired) electrons. The molecule has 1 N–H and O–H groups in total. The molecule has 2 rings (SSSR count). The summed E-state index contributed by atoms with van der Waals surface area (Å²) in [5.74, 6) is 0.981. The smallest absolute Gasteiger partial charge is 0.222 e. The number of carbonyl (C=O) groups excluding carboxylic acids is 1. The molecular formula is C11H20N2O. The van der Waals surface area contributed by atoms with Gasteiger partial charge in [-0.1, -0.05) is 13.3 Å². The Kier molecular flexibility index (Phi) is 3.06. The van der Waals surface area contributed by atoms with Crippen molar-refractivity contribution < 1.29 is 4.79 Å². The SMILES string of the molecule is CCC1CC(=O)N(CC2CCCN2)C1. The fourth-order valence-electron chi connectivity index (χ4n) is 2.48. The number of rotatable bonds is 3. The minimum absolute atomic E-state index is 0.366. The van der Waals surface area contributed by atoms with Crippen LogP contribution in [0.1, 0.15) is 32.6 Å². The average molecular weight is 196 g/mol. The minimum atomic E-state index is 0.366. The van der Waals surface area contributed by atoms with E-state index in [9.17, 15) is 4.79 Å². The fourth-order valence-corrected chi connectivity index (χ4v) is 2.48. The molecule has 2 fully saturated rings. The molecule has 2 aliphatic heterocycles. The third-order valence-corrected chi connectivity index (χ3v) is 3.48. The quantitative estimate of drug-likeness (QED) is 0.730. The van der Waals surface area contributed by atoms with Crippen molar-refractivity contribution in [1.29, 1.82) is 0 Å². The first-order valence-electron chi connectivity index (χ1n) is 5.80. The lowest BCUT2D eigenvalue weighted by molar-refractivity contribution is -0.128. The standard InChI is InChI=1S/C11H20N2O/c1-2-9-6-11(14)13(7-9)8-10-4-3-5-12-10/h9-10,12H,2-8H2,1H3. The topological polar surface area (TPSA) is 32.3 Å². The number of hydrogen-bond donors (Lipinski definition) is 1. The lowest BCUT2D eigenvalue weighted by Gasteiger charge is -2.20. The van der Waals surface area contributed by atoms with Crippen molar-refractivity contribution in [2.75, 3.05) is 19.6 Å². The van der Waals surface area contributed by atoms with Gasteiger partial charge in [-0.2, -0.15) is 0 Å². The molecule has 1 amide bonds. The van der Waals surface area contributed by atoms with E-state index in [1.54, 1.807) is 0 Å². The molecule has 0 spiro atoms. The summed E-state index contributed by atoms with van der Waals surface area (Å²) >= 11 is 0. The number of likely N-dealkylation sites (tertiary alicyclic amines) is 1. The Morgan fingerprint density at radius 3 is 3.00 bits per heavy atom. The van der Waals surface area contributed by atoms with E-state index in [1.807, 2.05) is 0 Å². The van der Waals surface area contributed by atoms with E-state index in [2.05, 4.69) is 17.1 Å². The van der Waals surface area contributed by atoms with Gasteiger partial charge in [0, 0.05) is 25.6 Å². The number of nitrogens with zero attached hydrogens (tertiary/aromatic N) is 1. The van der Waals surface area contributed by atoms with E-state index >= 15 is 0 Å². The van der Waals surface area contributed by atoms with Crippen molar-refractivity contribution in [2.45, 2.75) is 38.6 Å². The van der Waals surface area contributed by atoms with Gasteiger partial charge in [-0.25, -0.2) is 0 Å². The molecule has 0 saturated carbocycles. The van der Waals surface area contributed by atoms with Crippen LogP contribution in [0.5, 0.6) is 0 Å². The number of amides is 1. The van der Waals surface area contributed by atoms with Crippen molar-refractivity contribution in [3.63, 3.8) is 0 Å². The van der Waals surface area contributed by atoms with Gasteiger partial charge in [0.25, 0.3) is 0 Å². The molecule has 3 nitrogen and oxygen atoms in total. The zero-order valence-electron chi connectivity index (χ0n) is 8.96. The Morgan fingerprint density at radius 2 is 2.43 bits per heavy atom. The van der Waals surface area contributed by atoms with Crippen LogP contribution in [0.2, 0.25) is 0 Å². The zero-order chi connectivity index (χ0) is 9.97. The lowest BCUT2D eigenvalue weighted by Crippen LogP contribution is -2.38. The van der Waals surface area contributed by atoms with Gasteiger partial charge in [-0.3, -0.25) is 4.79 Å². The maximum Gasteiger partial charge on any atom is 0.222 e. The monoisotopic (exact) mass is 196 g/mol. The third kappa shape index (κ3) is 2.08. The molecular weight excluding hydrogens is 176 g/mol. The first-order chi connectivity index (χ1) is 6.79. The molecule has 0 aromatic heterocycles. The van der Waals surface area contributed by atoms with E-state index in [-0.39, 0.29) is 0 Å². The molecule has 0 aliphatic carbocycles. The van der Waals surface area contributed by atoms with Crippen LogP contribution >= 0.6 is 0 Å². The summed E-state index contributed by atoms with van der Waals surface area (Å²) in [5, 5.41) is 3.44. The van der Waals surface area contributed by atoms with Crippen LogP contribution in [-0.2, 0) is 4.79 Å². The molecule has 0 aromatic carbocycles. The van der Waals surface area contributed by atoms with Gasteiger partial charge in [0.2, 0.25) is 5.91 Å². The Morgan fingerprint density at radius 1 is 1.57 bits per heavy atom. The molecule has 2 heterocycles. The summed E-state index contributed by atoms with van der Waals surface area (Å²) in [6, 6.07) is 0.564. The fraction of sp³-hybridized carbons (Fsp3) is 0.909. The number of hydrogen-bond acceptors (Lipinski definition) is 2. The Bertz CT molecular complexity index is 211. The predicted octanol–water partition coefficient (Wildman–Crippen LogP) is 0.997. The van der Waals surface area contributed by atoms with E-state index in [0.717, 1.165) is 32.5 Å². The van der Waals surface area contributed by atoms with E-state index < -0.39 is 0 Å². The molecule has 14 heavy (non-hydrogen) atoms. The molecule has 2 unspecified atom stereocenters. The Hall–Kier alpha value is -0.570. The van der Waals surface area contributed by atoms with Crippen molar-refractivity contribution in [2.24, 2.45) is 5.92 Å². The van der Waals surface area contributed by atoms with Gasteiger partial charge in [0.1, 0.15) is 0 Å². The maximum atomic E-state index is 11.6. The second-order valence-corrected chi connectivity index (χ2v) is 4.57. The van der Waals surface area contributed by atoms with Gasteiger partial charge in [-0.15, -0.1) is 0 Å². The summed E-state index contributed by atoms with van der Waals surface area (Å²) in [6.45, 7) is 5.24. The van der Waals surface area contributed by atoms with Crippen LogP contribution in [0.3, 0.4) is 0 Å². The van der Waals surface area contributed by atoms with Crippen molar-refractivity contribution >= 4 is 5.91 Å². The summed E-state index contributed by atoms with van der Waals surface area (Å²) < 4.78 is 0. The van der Waals surface area contributed by atoms with Crippen LogP contribution in [0.15, 0.2) is 0 Å². The first kappa shape index (κ1) is 9.97. The van der Waals surface area contributed by atoms with Gasteiger partial charge in [0.05, 0.1) is 0 Å². The average Bonchev–Trinajstić information content (AvgIpc) is 2.78. The zero-order valence-corrected chi connectivity index (χ0v) is 8.96. The predicted molar refractivity (Wildman–Crippen MR) is 56.0 cm³/mol. The summed E-state index contributed by atoms with van der Waals surface area (Å²) in [4.78, 5) is 13.7. The molecule has 80 valence electrons. The highest BCUT2D eigenvalue weighted by Gasteiger charge is 2.30. The van der Waals surface area contributed by atoms with Crippen molar-refractivity contribution in [1.82, 2.24) is 10.2 Å². The Balaban J connectivity index is 1.82. The third-order valence-electron chi connectivity index (χ3n) is 3.48. The Labute approximate surface area is 85.8 Å². The van der Waals surface area contributed by atoms with Crippen LogP contribution in [0.25, 0.3) is 0 Å². The summed E-state index contributed by atoms with van der Waals surface area (Å²) in [5.41, 5.74) is 0. The summed E-state index contributed by atoms with van der Waals surface area (Å²) in [6.07, 6.45) is 4.42. The highest BCUT2D eigenvalue weighted by atomic mass is 16.2. The van der Waals surface area contributed by atoms with E-state index in [1.165, 1.54) is 12.8 Å². The second-order valence-electron chi connectivity index (χ2n) is 4.57. The van der Waals surface area contributed by atoms with Crippen LogP contribution < -0.4 is 5.32 Å². The minimum Gasteiger partial charge on any atom is -0.341 e. The molecule has 2 saturated heterocycles. The lowest BCUT2D eigenvalue weighted by atomic mass is 10.1. The van der Waals surface area contributed by atoms with E-state index in [4.69, 9.17) is 0 Å². The molecule has 0 bridgehead atoms. The van der Waals surface area contributed by atoms with Crippen molar-refractivity contribution in [3.8, 4) is 0 Å². The van der Waals surface area contributed by atoms with Gasteiger partial charge < -0.3 is 10.2 Å². The number of nitrogens with one attached hydrogen (secondary N) is 1. The van der Waals surface area contributed by atoms with Crippen LogP contribution in [0, 0.1) is 5.92 Å². The second kappa shape index (κ2) is 4.30. The summed E-state index contributed by atoms with van der Waals surface area (Å²) in [7, 11) is 0. The molecule has 2 atom stereocenters. The van der Waals surface area contributed by atoms with Crippen LogP contribution in [-0.4, -0.2) is 36.5 Å². The molecule has 0 aromatic rings. The van der Waals surface area contributed by atoms with Gasteiger partial charge in [0.15, 0.2) is 0 Å². The normalized spacial score (nSPS) is 32.9. The van der Waals surface area contributed by atoms with Gasteiger partial charge >= 0.3 is 0 Å². The highest BCUT2D eigenvalue weighted by molar-refractivity contribution is 5.78. The maximum absolute atomic E-state index is 11.6.